The molecule has 0 fully saturated rings. The van der Waals surface area contributed by atoms with Gasteiger partial charge in [0.25, 0.3) is 6.26 Å². The van der Waals surface area contributed by atoms with Crippen molar-refractivity contribution in [3.05, 3.63) is 0 Å². The van der Waals surface area contributed by atoms with Gasteiger partial charge in [0.05, 0.1) is 0 Å². The molecule has 1 unspecified atom stereocenters. The maximum absolute atomic E-state index is 10.1. The zero-order valence-electron chi connectivity index (χ0n) is 4.07. The summed E-state index contributed by atoms with van der Waals surface area (Å²) >= 11 is 0. The van der Waals surface area contributed by atoms with Crippen LogP contribution in [0.4, 0.5) is 0 Å². The Kier molecular flexibility index (Phi) is 2.72. The third kappa shape index (κ3) is 2.77. The molecule has 0 aromatic carbocycles. The molecule has 8 heavy (non-hydrogen) atoms. The topological polar surface area (TPSA) is 79.5 Å². The second-order valence-electron chi connectivity index (χ2n) is 0.834. The fraction of sp³-hybridized carbons (Fsp3) is 0. The van der Waals surface area contributed by atoms with E-state index in [2.05, 4.69) is 8.74 Å². The Hall–Kier alpha value is -0.343. The molecule has 0 radical (unpaired) electrons. The first kappa shape index (κ1) is 7.66. The van der Waals surface area contributed by atoms with Crippen molar-refractivity contribution >= 4 is 18.3 Å². The number of nitrogens with zero attached hydrogens (tertiary/aromatic N) is 1. The zero-order valence-corrected chi connectivity index (χ0v) is 6.96. The van der Waals surface area contributed by atoms with Crippen LogP contribution in [0.2, 0.25) is 0 Å². The Morgan fingerprint density at radius 1 is 1.88 bits per heavy atom. The van der Waals surface area contributed by atoms with Crippen LogP contribution in [0.3, 0.4) is 0 Å². The van der Waals surface area contributed by atoms with Gasteiger partial charge in [-0.25, -0.2) is 4.57 Å². The van der Waals surface area contributed by atoms with Crippen LogP contribution in [-0.2, 0) is 13.3 Å². The van der Waals surface area contributed by atoms with E-state index >= 15 is 0 Å². The summed E-state index contributed by atoms with van der Waals surface area (Å²) in [5.41, 5.74) is 0. The molecule has 0 saturated heterocycles. The van der Waals surface area contributed by atoms with Crippen molar-refractivity contribution in [2.45, 2.75) is 0 Å². The van der Waals surface area contributed by atoms with Gasteiger partial charge in [0.15, 0.2) is 10.5 Å². The molecule has 1 N–H and O–H groups in total. The SMILES string of the molecule is N#COP(=O)(O)O[SiH3]. The predicted molar refractivity (Wildman–Crippen MR) is 27.5 cm³/mol. The maximum atomic E-state index is 10.1. The lowest BCUT2D eigenvalue weighted by Crippen LogP contribution is -1.84. The summed E-state index contributed by atoms with van der Waals surface area (Å²) in [4.78, 5) is 8.25. The van der Waals surface area contributed by atoms with Gasteiger partial charge in [0.2, 0.25) is 0 Å². The average molecular weight is 153 g/mol. The number of rotatable bonds is 2. The standard InChI is InChI=1S/CH4NO4PSi/c2-1-5-7(3,4)6-8/h8H3,(H,3,4). The van der Waals surface area contributed by atoms with Gasteiger partial charge >= 0.3 is 7.82 Å². The zero-order chi connectivity index (χ0) is 6.62. The minimum Gasteiger partial charge on any atom is -0.332 e. The number of phosphoric acid groups is 1. The molecule has 0 spiro atoms. The van der Waals surface area contributed by atoms with Crippen LogP contribution < -0.4 is 0 Å². The highest BCUT2D eigenvalue weighted by atomic mass is 31.2. The largest absolute Gasteiger partial charge is 0.526 e. The third-order valence-corrected chi connectivity index (χ3v) is 2.55. The number of nitriles is 1. The van der Waals surface area contributed by atoms with Gasteiger partial charge in [0.1, 0.15) is 0 Å². The normalized spacial score (nSPS) is 16.5. The molecule has 0 bridgehead atoms. The van der Waals surface area contributed by atoms with E-state index in [-0.39, 0.29) is 10.5 Å². The van der Waals surface area contributed by atoms with E-state index in [1.807, 2.05) is 0 Å². The fourth-order valence-corrected chi connectivity index (χ4v) is 0.490. The Bertz CT molecular complexity index is 151. The summed E-state index contributed by atoms with van der Waals surface area (Å²) in [5.74, 6) is 0. The first-order valence-electron chi connectivity index (χ1n) is 1.58. The van der Waals surface area contributed by atoms with Crippen molar-refractivity contribution in [3.63, 3.8) is 0 Å². The van der Waals surface area contributed by atoms with Crippen LogP contribution in [0.5, 0.6) is 0 Å². The molecular weight excluding hydrogens is 149 g/mol. The van der Waals surface area contributed by atoms with Gasteiger partial charge < -0.3 is 8.74 Å². The second kappa shape index (κ2) is 2.84. The van der Waals surface area contributed by atoms with E-state index < -0.39 is 7.82 Å². The summed E-state index contributed by atoms with van der Waals surface area (Å²) in [6, 6.07) is 0. The molecule has 0 saturated carbocycles. The second-order valence-corrected chi connectivity index (χ2v) is 3.41. The lowest BCUT2D eigenvalue weighted by atomic mass is 11.6. The quantitative estimate of drug-likeness (QED) is 0.309. The summed E-state index contributed by atoms with van der Waals surface area (Å²) in [7, 11) is -3.90. The van der Waals surface area contributed by atoms with E-state index in [0.717, 1.165) is 6.26 Å². The van der Waals surface area contributed by atoms with Crippen molar-refractivity contribution < 1.29 is 18.2 Å². The molecule has 0 aliphatic heterocycles. The predicted octanol–water partition coefficient (Wildman–Crippen LogP) is -1.12. The third-order valence-electron chi connectivity index (χ3n) is 0.387. The lowest BCUT2D eigenvalue weighted by molar-refractivity contribution is 0.282. The first-order valence-corrected chi connectivity index (χ1v) is 3.90. The van der Waals surface area contributed by atoms with Crippen molar-refractivity contribution in [2.24, 2.45) is 0 Å². The molecule has 1 atom stereocenters. The van der Waals surface area contributed by atoms with Crippen LogP contribution in [0, 0.1) is 11.5 Å². The van der Waals surface area contributed by atoms with Crippen molar-refractivity contribution in [2.75, 3.05) is 0 Å². The molecule has 0 aliphatic rings. The van der Waals surface area contributed by atoms with Gasteiger partial charge in [-0.05, 0) is 0 Å². The highest BCUT2D eigenvalue weighted by molar-refractivity contribution is 7.48. The molecule has 0 amide bonds. The molecule has 0 heterocycles. The van der Waals surface area contributed by atoms with Crippen LogP contribution in [-0.4, -0.2) is 15.4 Å². The van der Waals surface area contributed by atoms with Gasteiger partial charge in [-0.2, -0.15) is 0 Å². The van der Waals surface area contributed by atoms with Crippen LogP contribution in [0.25, 0.3) is 0 Å². The summed E-state index contributed by atoms with van der Waals surface area (Å²) in [6.07, 6.45) is 1.04. The van der Waals surface area contributed by atoms with E-state index in [0.29, 0.717) is 0 Å². The first-order chi connectivity index (χ1) is 3.62. The smallest absolute Gasteiger partial charge is 0.332 e. The number of phosphoric ester groups is 1. The summed E-state index contributed by atoms with van der Waals surface area (Å²) in [6.45, 7) is 0. The molecule has 0 aliphatic carbocycles. The fourth-order valence-electron chi connectivity index (χ4n) is 0.0889. The van der Waals surface area contributed by atoms with E-state index in [4.69, 9.17) is 10.2 Å². The van der Waals surface area contributed by atoms with Gasteiger partial charge in [0, 0.05) is 0 Å². The molecule has 0 rings (SSSR count). The average Bonchev–Trinajstić information content (AvgIpc) is 1.67. The van der Waals surface area contributed by atoms with Gasteiger partial charge in [-0.15, -0.1) is 5.26 Å². The maximum Gasteiger partial charge on any atom is 0.526 e. The van der Waals surface area contributed by atoms with E-state index in [1.54, 1.807) is 0 Å². The summed E-state index contributed by atoms with van der Waals surface area (Å²) in [5, 5.41) is 7.66. The van der Waals surface area contributed by atoms with Gasteiger partial charge in [-0.1, -0.05) is 0 Å². The highest BCUT2D eigenvalue weighted by Gasteiger charge is 2.17. The summed E-state index contributed by atoms with van der Waals surface area (Å²) < 4.78 is 17.7. The Balaban J connectivity index is 3.78. The van der Waals surface area contributed by atoms with Crippen molar-refractivity contribution in [3.8, 4) is 6.26 Å². The van der Waals surface area contributed by atoms with E-state index in [9.17, 15) is 4.57 Å². The van der Waals surface area contributed by atoms with E-state index in [1.165, 1.54) is 0 Å². The highest BCUT2D eigenvalue weighted by Crippen LogP contribution is 2.40. The van der Waals surface area contributed by atoms with Crippen molar-refractivity contribution in [1.29, 1.82) is 5.26 Å². The van der Waals surface area contributed by atoms with Crippen LogP contribution >= 0.6 is 7.82 Å². The molecule has 46 valence electrons. The number of hydrogen-bond acceptors (Lipinski definition) is 4. The monoisotopic (exact) mass is 153 g/mol. The molecule has 0 aromatic rings. The molecule has 7 heteroatoms. The molecular formula is CH4NO4PSi. The van der Waals surface area contributed by atoms with Crippen molar-refractivity contribution in [1.82, 2.24) is 0 Å². The van der Waals surface area contributed by atoms with Crippen LogP contribution in [0.15, 0.2) is 0 Å². The Morgan fingerprint density at radius 3 is 2.50 bits per heavy atom. The molecule has 5 nitrogen and oxygen atoms in total. The lowest BCUT2D eigenvalue weighted by Gasteiger charge is -2.00. The van der Waals surface area contributed by atoms with Crippen LogP contribution in [0.1, 0.15) is 0 Å². The minimum absolute atomic E-state index is 0.0724. The Morgan fingerprint density at radius 2 is 2.38 bits per heavy atom. The number of hydrogen-bond donors (Lipinski definition) is 1. The minimum atomic E-state index is -3.97. The van der Waals surface area contributed by atoms with Gasteiger partial charge in [-0.3, -0.25) is 4.89 Å². The molecule has 0 aromatic heterocycles. The Labute approximate surface area is 49.0 Å².